The fourth-order valence-corrected chi connectivity index (χ4v) is 6.85. The Morgan fingerprint density at radius 2 is 0.875 bits per heavy atom. The molecule has 0 fully saturated rings. The van der Waals surface area contributed by atoms with Gasteiger partial charge in [-0.25, -0.2) is 0 Å². The molecule has 0 aliphatic carbocycles. The summed E-state index contributed by atoms with van der Waals surface area (Å²) in [5, 5.41) is 12.9. The average Bonchev–Trinajstić information content (AvgIpc) is 2.98. The highest BCUT2D eigenvalue weighted by Gasteiger charge is 2.18. The van der Waals surface area contributed by atoms with E-state index in [-0.39, 0.29) is 0 Å². The van der Waals surface area contributed by atoms with E-state index in [1.165, 1.54) is 87.2 Å². The molecule has 0 amide bonds. The molecule has 0 aromatic heterocycles. The summed E-state index contributed by atoms with van der Waals surface area (Å²) in [6.45, 7) is 4.39. The summed E-state index contributed by atoms with van der Waals surface area (Å²) in [6, 6.07) is 49.6. The topological polar surface area (TPSA) is 0 Å². The van der Waals surface area contributed by atoms with Gasteiger partial charge in [0.2, 0.25) is 0 Å². The van der Waals surface area contributed by atoms with Gasteiger partial charge in [0.05, 0.1) is 0 Å². The van der Waals surface area contributed by atoms with Crippen LogP contribution in [0.3, 0.4) is 0 Å². The molecule has 0 saturated heterocycles. The van der Waals surface area contributed by atoms with Gasteiger partial charge in [0.15, 0.2) is 0 Å². The predicted octanol–water partition coefficient (Wildman–Crippen LogP) is 11.4. The summed E-state index contributed by atoms with van der Waals surface area (Å²) in [5.74, 6) is 0. The highest BCUT2D eigenvalue weighted by molar-refractivity contribution is 6.25. The van der Waals surface area contributed by atoms with Crippen molar-refractivity contribution >= 4 is 53.9 Å². The van der Waals surface area contributed by atoms with Crippen molar-refractivity contribution in [1.82, 2.24) is 0 Å². The van der Waals surface area contributed by atoms with E-state index in [1.807, 2.05) is 0 Å². The second-order valence-corrected chi connectivity index (χ2v) is 11.1. The van der Waals surface area contributed by atoms with E-state index in [9.17, 15) is 0 Å². The lowest BCUT2D eigenvalue weighted by atomic mass is 9.84. The monoisotopic (exact) mass is 508 g/mol. The third-order valence-corrected chi connectivity index (χ3v) is 8.45. The molecule has 0 aliphatic heterocycles. The van der Waals surface area contributed by atoms with Crippen molar-refractivity contribution in [3.8, 4) is 22.3 Å². The lowest BCUT2D eigenvalue weighted by molar-refractivity contribution is 1.39. The molecule has 0 nitrogen and oxygen atoms in total. The van der Waals surface area contributed by atoms with E-state index in [1.54, 1.807) is 0 Å². The Morgan fingerprint density at radius 3 is 1.52 bits per heavy atom. The van der Waals surface area contributed by atoms with Crippen molar-refractivity contribution in [1.29, 1.82) is 0 Å². The molecule has 188 valence electrons. The molecular weight excluding hydrogens is 480 g/mol. The molecule has 8 aromatic carbocycles. The normalized spacial score (nSPS) is 11.8. The van der Waals surface area contributed by atoms with Gasteiger partial charge in [-0.1, -0.05) is 132 Å². The highest BCUT2D eigenvalue weighted by atomic mass is 14.2. The number of fused-ring (bicyclic) bond motifs is 6. The van der Waals surface area contributed by atoms with Gasteiger partial charge in [-0.05, 0) is 102 Å². The van der Waals surface area contributed by atoms with Crippen LogP contribution in [0.2, 0.25) is 0 Å². The van der Waals surface area contributed by atoms with Gasteiger partial charge >= 0.3 is 0 Å². The molecule has 0 bridgehead atoms. The van der Waals surface area contributed by atoms with Gasteiger partial charge in [0, 0.05) is 0 Å². The van der Waals surface area contributed by atoms with Gasteiger partial charge in [0.1, 0.15) is 0 Å². The number of benzene rings is 8. The molecule has 8 rings (SSSR count). The molecule has 0 saturated carbocycles. The van der Waals surface area contributed by atoms with Gasteiger partial charge in [-0.15, -0.1) is 0 Å². The van der Waals surface area contributed by atoms with Crippen molar-refractivity contribution in [2.24, 2.45) is 0 Å². The molecule has 0 unspecified atom stereocenters. The summed E-state index contributed by atoms with van der Waals surface area (Å²) in [6.07, 6.45) is 0. The standard InChI is InChI=1S/C40H28/c1-25-20-26(2)22-30(21-25)39-34-12-5-7-14-36(34)40(37-15-8-6-13-35(37)39)33-17-9-16-31-32(33)19-18-29-23-27-10-3-4-11-28(27)24-38(29)31/h3-24H,1-2H3. The maximum Gasteiger partial charge on any atom is -0.00201 e. The van der Waals surface area contributed by atoms with Crippen LogP contribution in [0.1, 0.15) is 11.1 Å². The van der Waals surface area contributed by atoms with Crippen LogP contribution in [0.25, 0.3) is 76.1 Å². The number of rotatable bonds is 2. The SMILES string of the molecule is Cc1cc(C)cc(-c2c3ccccc3c(-c3cccc4c3ccc3cc5ccccc5cc34)c3ccccc23)c1. The Hall–Kier alpha value is -4.94. The Labute approximate surface area is 234 Å². The zero-order chi connectivity index (χ0) is 26.8. The quantitative estimate of drug-likeness (QED) is 0.161. The van der Waals surface area contributed by atoms with E-state index in [0.29, 0.717) is 0 Å². The summed E-state index contributed by atoms with van der Waals surface area (Å²) in [5.41, 5.74) is 7.78. The minimum absolute atomic E-state index is 1.28. The highest BCUT2D eigenvalue weighted by Crippen LogP contribution is 2.46. The van der Waals surface area contributed by atoms with Gasteiger partial charge in [-0.2, -0.15) is 0 Å². The van der Waals surface area contributed by atoms with Crippen LogP contribution in [0.5, 0.6) is 0 Å². The molecule has 0 N–H and O–H groups in total. The predicted molar refractivity (Wildman–Crippen MR) is 174 cm³/mol. The van der Waals surface area contributed by atoms with E-state index in [4.69, 9.17) is 0 Å². The van der Waals surface area contributed by atoms with E-state index in [2.05, 4.69) is 147 Å². The van der Waals surface area contributed by atoms with Crippen molar-refractivity contribution in [2.75, 3.05) is 0 Å². The molecule has 0 spiro atoms. The third kappa shape index (κ3) is 3.46. The van der Waals surface area contributed by atoms with Crippen LogP contribution in [0.15, 0.2) is 133 Å². The molecule has 8 aromatic rings. The van der Waals surface area contributed by atoms with Crippen LogP contribution in [0, 0.1) is 13.8 Å². The fourth-order valence-electron chi connectivity index (χ4n) is 6.85. The van der Waals surface area contributed by atoms with Crippen molar-refractivity contribution in [3.05, 3.63) is 145 Å². The molecule has 0 heteroatoms. The van der Waals surface area contributed by atoms with Gasteiger partial charge in [0.25, 0.3) is 0 Å². The number of hydrogen-bond donors (Lipinski definition) is 0. The third-order valence-electron chi connectivity index (χ3n) is 8.45. The second-order valence-electron chi connectivity index (χ2n) is 11.1. The first-order chi connectivity index (χ1) is 19.7. The maximum atomic E-state index is 2.36. The summed E-state index contributed by atoms with van der Waals surface area (Å²) >= 11 is 0. The molecule has 0 aliphatic rings. The number of hydrogen-bond acceptors (Lipinski definition) is 0. The van der Waals surface area contributed by atoms with Gasteiger partial charge < -0.3 is 0 Å². The first-order valence-corrected chi connectivity index (χ1v) is 14.0. The van der Waals surface area contributed by atoms with Crippen LogP contribution >= 0.6 is 0 Å². The lowest BCUT2D eigenvalue weighted by Gasteiger charge is -2.19. The Kier molecular flexibility index (Phi) is 5.06. The molecule has 0 heterocycles. The van der Waals surface area contributed by atoms with Crippen LogP contribution in [0.4, 0.5) is 0 Å². The molecule has 0 radical (unpaired) electrons. The molecule has 0 atom stereocenters. The minimum atomic E-state index is 1.28. The average molecular weight is 509 g/mol. The summed E-state index contributed by atoms with van der Waals surface area (Å²) < 4.78 is 0. The van der Waals surface area contributed by atoms with Crippen LogP contribution in [-0.2, 0) is 0 Å². The largest absolute Gasteiger partial charge is 0.0616 e. The summed E-state index contributed by atoms with van der Waals surface area (Å²) in [7, 11) is 0. The zero-order valence-corrected chi connectivity index (χ0v) is 22.7. The smallest absolute Gasteiger partial charge is 0.00201 e. The first-order valence-electron chi connectivity index (χ1n) is 14.0. The van der Waals surface area contributed by atoms with Crippen molar-refractivity contribution < 1.29 is 0 Å². The second kappa shape index (κ2) is 8.79. The van der Waals surface area contributed by atoms with Crippen molar-refractivity contribution in [3.63, 3.8) is 0 Å². The van der Waals surface area contributed by atoms with E-state index < -0.39 is 0 Å². The Morgan fingerprint density at radius 1 is 0.325 bits per heavy atom. The van der Waals surface area contributed by atoms with Crippen LogP contribution in [-0.4, -0.2) is 0 Å². The molecule has 40 heavy (non-hydrogen) atoms. The van der Waals surface area contributed by atoms with Gasteiger partial charge in [-0.3, -0.25) is 0 Å². The zero-order valence-electron chi connectivity index (χ0n) is 22.7. The van der Waals surface area contributed by atoms with Crippen molar-refractivity contribution in [2.45, 2.75) is 13.8 Å². The Balaban J connectivity index is 1.51. The maximum absolute atomic E-state index is 2.36. The van der Waals surface area contributed by atoms with E-state index >= 15 is 0 Å². The van der Waals surface area contributed by atoms with Crippen LogP contribution < -0.4 is 0 Å². The number of aryl methyl sites for hydroxylation is 2. The first kappa shape index (κ1) is 23.0. The van der Waals surface area contributed by atoms with E-state index in [0.717, 1.165) is 0 Å². The lowest BCUT2D eigenvalue weighted by Crippen LogP contribution is -1.92. The fraction of sp³-hybridized carbons (Fsp3) is 0.0500. The molecular formula is C40H28. The summed E-state index contributed by atoms with van der Waals surface area (Å²) in [4.78, 5) is 0. The minimum Gasteiger partial charge on any atom is -0.0616 e. The Bertz CT molecular complexity index is 2210.